The van der Waals surface area contributed by atoms with E-state index in [4.69, 9.17) is 11.6 Å². The molecular formula is C15H23ClN2. The lowest BCUT2D eigenvalue weighted by Gasteiger charge is -2.19. The molecule has 18 heavy (non-hydrogen) atoms. The number of nitrogens with zero attached hydrogens (tertiary/aromatic N) is 1. The van der Waals surface area contributed by atoms with Crippen LogP contribution in [0.15, 0.2) is 30.1 Å². The van der Waals surface area contributed by atoms with Gasteiger partial charge in [-0.05, 0) is 58.7 Å². The van der Waals surface area contributed by atoms with Crippen molar-refractivity contribution in [3.05, 3.63) is 40.7 Å². The smallest absolute Gasteiger partial charge is 0.0624 e. The first-order valence-corrected chi connectivity index (χ1v) is 6.75. The van der Waals surface area contributed by atoms with E-state index in [0.29, 0.717) is 0 Å². The second-order valence-electron chi connectivity index (χ2n) is 5.66. The number of nitrogens with one attached hydrogen (secondary N) is 1. The van der Waals surface area contributed by atoms with E-state index in [1.54, 1.807) is 12.4 Å². The van der Waals surface area contributed by atoms with Gasteiger partial charge in [-0.15, -0.1) is 0 Å². The molecule has 1 aromatic rings. The standard InChI is InChI=1S/C15H23ClN2/c1-12(6-5-8-18-15(2,3)4)10-13-7-9-17-11-14(13)16/h6-7,9,11,18H,5,8,10H2,1-4H3. The van der Waals surface area contributed by atoms with Gasteiger partial charge in [0.25, 0.3) is 0 Å². The number of allylic oxidation sites excluding steroid dienone is 1. The Balaban J connectivity index is 2.41. The van der Waals surface area contributed by atoms with Crippen molar-refractivity contribution >= 4 is 11.6 Å². The summed E-state index contributed by atoms with van der Waals surface area (Å²) in [7, 11) is 0. The third kappa shape index (κ3) is 6.18. The molecule has 0 saturated heterocycles. The lowest BCUT2D eigenvalue weighted by atomic mass is 10.1. The summed E-state index contributed by atoms with van der Waals surface area (Å²) in [5.74, 6) is 0. The molecule has 0 unspecified atom stereocenters. The van der Waals surface area contributed by atoms with Crippen LogP contribution in [0.3, 0.4) is 0 Å². The van der Waals surface area contributed by atoms with Crippen LogP contribution < -0.4 is 5.32 Å². The van der Waals surface area contributed by atoms with E-state index in [-0.39, 0.29) is 5.54 Å². The molecule has 0 saturated carbocycles. The number of pyridine rings is 1. The van der Waals surface area contributed by atoms with Crippen molar-refractivity contribution in [2.45, 2.75) is 46.1 Å². The fourth-order valence-electron chi connectivity index (χ4n) is 1.69. The Kier molecular flexibility index (Phi) is 5.83. The van der Waals surface area contributed by atoms with E-state index in [2.05, 4.69) is 44.1 Å². The maximum Gasteiger partial charge on any atom is 0.0624 e. The molecule has 0 aliphatic rings. The van der Waals surface area contributed by atoms with Crippen LogP contribution in [0.5, 0.6) is 0 Å². The fraction of sp³-hybridized carbons (Fsp3) is 0.533. The molecule has 1 heterocycles. The van der Waals surface area contributed by atoms with E-state index in [1.165, 1.54) is 5.57 Å². The van der Waals surface area contributed by atoms with Crippen molar-refractivity contribution in [3.8, 4) is 0 Å². The zero-order chi connectivity index (χ0) is 13.6. The van der Waals surface area contributed by atoms with Gasteiger partial charge in [0.15, 0.2) is 0 Å². The molecule has 0 fully saturated rings. The average molecular weight is 267 g/mol. The molecular weight excluding hydrogens is 244 g/mol. The summed E-state index contributed by atoms with van der Waals surface area (Å²) in [6.07, 6.45) is 7.71. The zero-order valence-electron chi connectivity index (χ0n) is 11.8. The van der Waals surface area contributed by atoms with Gasteiger partial charge in [-0.2, -0.15) is 0 Å². The van der Waals surface area contributed by atoms with Gasteiger partial charge < -0.3 is 5.32 Å². The molecule has 0 bridgehead atoms. The van der Waals surface area contributed by atoms with Gasteiger partial charge >= 0.3 is 0 Å². The molecule has 1 aromatic heterocycles. The highest BCUT2D eigenvalue weighted by Crippen LogP contribution is 2.17. The van der Waals surface area contributed by atoms with E-state index in [0.717, 1.165) is 30.0 Å². The SMILES string of the molecule is CC(=CCCNC(C)(C)C)Cc1ccncc1Cl. The molecule has 0 radical (unpaired) electrons. The normalized spacial score (nSPS) is 12.8. The second-order valence-corrected chi connectivity index (χ2v) is 6.07. The molecule has 0 aliphatic carbocycles. The van der Waals surface area contributed by atoms with Crippen molar-refractivity contribution in [2.24, 2.45) is 0 Å². The summed E-state index contributed by atoms with van der Waals surface area (Å²) in [6.45, 7) is 9.69. The van der Waals surface area contributed by atoms with Gasteiger partial charge in [0.05, 0.1) is 5.02 Å². The lowest BCUT2D eigenvalue weighted by Crippen LogP contribution is -2.36. The van der Waals surface area contributed by atoms with Crippen molar-refractivity contribution in [1.29, 1.82) is 0 Å². The van der Waals surface area contributed by atoms with E-state index < -0.39 is 0 Å². The van der Waals surface area contributed by atoms with E-state index in [9.17, 15) is 0 Å². The third-order valence-electron chi connectivity index (χ3n) is 2.62. The molecule has 0 spiro atoms. The summed E-state index contributed by atoms with van der Waals surface area (Å²) in [5.41, 5.74) is 2.68. The predicted octanol–water partition coefficient (Wildman–Crippen LogP) is 4.00. The highest BCUT2D eigenvalue weighted by atomic mass is 35.5. The third-order valence-corrected chi connectivity index (χ3v) is 2.96. The minimum Gasteiger partial charge on any atom is -0.312 e. The van der Waals surface area contributed by atoms with Gasteiger partial charge in [0.2, 0.25) is 0 Å². The maximum atomic E-state index is 6.09. The monoisotopic (exact) mass is 266 g/mol. The summed E-state index contributed by atoms with van der Waals surface area (Å²) < 4.78 is 0. The van der Waals surface area contributed by atoms with E-state index >= 15 is 0 Å². The molecule has 100 valence electrons. The Bertz CT molecular complexity index is 405. The Morgan fingerprint density at radius 3 is 2.78 bits per heavy atom. The molecule has 0 atom stereocenters. The molecule has 2 nitrogen and oxygen atoms in total. The fourth-order valence-corrected chi connectivity index (χ4v) is 1.87. The second kappa shape index (κ2) is 6.91. The van der Waals surface area contributed by atoms with Crippen LogP contribution in [0.25, 0.3) is 0 Å². The summed E-state index contributed by atoms with van der Waals surface area (Å²) >= 11 is 6.09. The topological polar surface area (TPSA) is 24.9 Å². The van der Waals surface area contributed by atoms with Gasteiger partial charge in [0.1, 0.15) is 0 Å². The summed E-state index contributed by atoms with van der Waals surface area (Å²) in [5, 5.41) is 4.22. The Morgan fingerprint density at radius 1 is 1.44 bits per heavy atom. The van der Waals surface area contributed by atoms with Gasteiger partial charge in [-0.1, -0.05) is 23.3 Å². The molecule has 0 aliphatic heterocycles. The minimum atomic E-state index is 0.191. The molecule has 0 amide bonds. The molecule has 1 rings (SSSR count). The predicted molar refractivity (Wildman–Crippen MR) is 79.1 cm³/mol. The number of halogens is 1. The number of hydrogen-bond acceptors (Lipinski definition) is 2. The number of aromatic nitrogens is 1. The summed E-state index contributed by atoms with van der Waals surface area (Å²) in [6, 6.07) is 1.98. The first kappa shape index (κ1) is 15.2. The molecule has 1 N–H and O–H groups in total. The van der Waals surface area contributed by atoms with Crippen molar-refractivity contribution in [1.82, 2.24) is 10.3 Å². The Labute approximate surface area is 115 Å². The average Bonchev–Trinajstić information content (AvgIpc) is 2.26. The highest BCUT2D eigenvalue weighted by molar-refractivity contribution is 6.31. The summed E-state index contributed by atoms with van der Waals surface area (Å²) in [4.78, 5) is 3.99. The van der Waals surface area contributed by atoms with Crippen LogP contribution in [-0.2, 0) is 6.42 Å². The van der Waals surface area contributed by atoms with Crippen LogP contribution in [0.2, 0.25) is 5.02 Å². The van der Waals surface area contributed by atoms with Crippen molar-refractivity contribution < 1.29 is 0 Å². The highest BCUT2D eigenvalue weighted by Gasteiger charge is 2.06. The van der Waals surface area contributed by atoms with E-state index in [1.807, 2.05) is 6.07 Å². The van der Waals surface area contributed by atoms with Gasteiger partial charge in [-0.25, -0.2) is 0 Å². The lowest BCUT2D eigenvalue weighted by molar-refractivity contribution is 0.431. The quantitative estimate of drug-likeness (QED) is 0.644. The number of rotatable bonds is 5. The van der Waals surface area contributed by atoms with Gasteiger partial charge in [0, 0.05) is 17.9 Å². The van der Waals surface area contributed by atoms with Crippen LogP contribution in [0.1, 0.15) is 39.7 Å². The zero-order valence-corrected chi connectivity index (χ0v) is 12.5. The number of hydrogen-bond donors (Lipinski definition) is 1. The first-order chi connectivity index (χ1) is 8.38. The van der Waals surface area contributed by atoms with Crippen LogP contribution in [-0.4, -0.2) is 17.1 Å². The first-order valence-electron chi connectivity index (χ1n) is 6.37. The van der Waals surface area contributed by atoms with Crippen LogP contribution >= 0.6 is 11.6 Å². The molecule has 3 heteroatoms. The van der Waals surface area contributed by atoms with Crippen LogP contribution in [0.4, 0.5) is 0 Å². The molecule has 0 aromatic carbocycles. The minimum absolute atomic E-state index is 0.191. The largest absolute Gasteiger partial charge is 0.312 e. The van der Waals surface area contributed by atoms with Crippen LogP contribution in [0, 0.1) is 0 Å². The van der Waals surface area contributed by atoms with Crippen molar-refractivity contribution in [2.75, 3.05) is 6.54 Å². The van der Waals surface area contributed by atoms with Gasteiger partial charge in [-0.3, -0.25) is 4.98 Å². The Morgan fingerprint density at radius 2 is 2.17 bits per heavy atom. The maximum absolute atomic E-state index is 6.09. The van der Waals surface area contributed by atoms with Crippen molar-refractivity contribution in [3.63, 3.8) is 0 Å². The Hall–Kier alpha value is -0.860.